The van der Waals surface area contributed by atoms with Gasteiger partial charge in [0.1, 0.15) is 5.69 Å². The van der Waals surface area contributed by atoms with Crippen LogP contribution in [0.2, 0.25) is 0 Å². The number of amides is 1. The summed E-state index contributed by atoms with van der Waals surface area (Å²) < 4.78 is 3.76. The van der Waals surface area contributed by atoms with Crippen molar-refractivity contribution in [1.29, 1.82) is 0 Å². The molecule has 0 aliphatic rings. The van der Waals surface area contributed by atoms with E-state index in [2.05, 4.69) is 10.3 Å². The number of nitrogens with zero attached hydrogens (tertiary/aromatic N) is 3. The lowest BCUT2D eigenvalue weighted by Gasteiger charge is -2.06. The van der Waals surface area contributed by atoms with Crippen LogP contribution in [-0.4, -0.2) is 26.6 Å². The van der Waals surface area contributed by atoms with Gasteiger partial charge in [-0.05, 0) is 18.9 Å². The molecule has 0 saturated heterocycles. The molecule has 0 aliphatic carbocycles. The van der Waals surface area contributed by atoms with Crippen molar-refractivity contribution in [2.24, 2.45) is 7.05 Å². The normalized spacial score (nSPS) is 10.6. The van der Waals surface area contributed by atoms with Gasteiger partial charge in [-0.3, -0.25) is 4.79 Å². The van der Waals surface area contributed by atoms with Crippen LogP contribution in [0, 0.1) is 0 Å². The lowest BCUT2D eigenvalue weighted by Crippen LogP contribution is -2.26. The van der Waals surface area contributed by atoms with Crippen LogP contribution in [0.1, 0.15) is 23.3 Å². The highest BCUT2D eigenvalue weighted by molar-refractivity contribution is 5.93. The van der Waals surface area contributed by atoms with Crippen molar-refractivity contribution < 1.29 is 4.79 Å². The Morgan fingerprint density at radius 3 is 2.95 bits per heavy atom. The predicted molar refractivity (Wildman–Crippen MR) is 73.6 cm³/mol. The van der Waals surface area contributed by atoms with E-state index >= 15 is 0 Å². The Kier molecular flexibility index (Phi) is 4.22. The van der Waals surface area contributed by atoms with Crippen LogP contribution in [-0.2, 0) is 13.6 Å². The maximum absolute atomic E-state index is 11.9. The summed E-state index contributed by atoms with van der Waals surface area (Å²) in [6.45, 7) is 1.59. The molecular formula is C13H19N5O. The summed E-state index contributed by atoms with van der Waals surface area (Å²) in [5.41, 5.74) is 6.83. The van der Waals surface area contributed by atoms with E-state index in [0.717, 1.165) is 19.4 Å². The Balaban J connectivity index is 1.68. The van der Waals surface area contributed by atoms with E-state index in [9.17, 15) is 4.79 Å². The number of carbonyl (C=O) groups excluding carboxylic acids is 1. The lowest BCUT2D eigenvalue weighted by molar-refractivity contribution is 0.0945. The SMILES string of the molecule is Cn1cc(N)cc1C(=O)NCCCCn1ccnc1. The van der Waals surface area contributed by atoms with Gasteiger partial charge in [-0.25, -0.2) is 4.98 Å². The zero-order valence-electron chi connectivity index (χ0n) is 11.0. The minimum absolute atomic E-state index is 0.0816. The maximum atomic E-state index is 11.9. The summed E-state index contributed by atoms with van der Waals surface area (Å²) in [6, 6.07) is 1.68. The summed E-state index contributed by atoms with van der Waals surface area (Å²) in [6.07, 6.45) is 9.17. The zero-order chi connectivity index (χ0) is 13.7. The van der Waals surface area contributed by atoms with Gasteiger partial charge >= 0.3 is 0 Å². The van der Waals surface area contributed by atoms with Crippen LogP contribution in [0.15, 0.2) is 31.0 Å². The van der Waals surface area contributed by atoms with E-state index in [1.807, 2.05) is 17.8 Å². The first-order valence-corrected chi connectivity index (χ1v) is 6.32. The van der Waals surface area contributed by atoms with Gasteiger partial charge in [0.05, 0.1) is 12.0 Å². The first-order chi connectivity index (χ1) is 9.16. The third-order valence-electron chi connectivity index (χ3n) is 2.95. The highest BCUT2D eigenvalue weighted by atomic mass is 16.1. The van der Waals surface area contributed by atoms with Gasteiger partial charge in [0.25, 0.3) is 5.91 Å². The van der Waals surface area contributed by atoms with Crippen LogP contribution in [0.25, 0.3) is 0 Å². The lowest BCUT2D eigenvalue weighted by atomic mass is 10.3. The third kappa shape index (κ3) is 3.61. The summed E-state index contributed by atoms with van der Waals surface area (Å²) in [5, 5.41) is 2.89. The van der Waals surface area contributed by atoms with Gasteiger partial charge in [-0.2, -0.15) is 0 Å². The molecule has 2 rings (SSSR count). The van der Waals surface area contributed by atoms with Crippen molar-refractivity contribution in [2.75, 3.05) is 12.3 Å². The Hall–Kier alpha value is -2.24. The highest BCUT2D eigenvalue weighted by Gasteiger charge is 2.09. The largest absolute Gasteiger partial charge is 0.397 e. The molecule has 2 heterocycles. The maximum Gasteiger partial charge on any atom is 0.267 e. The van der Waals surface area contributed by atoms with Crippen molar-refractivity contribution >= 4 is 11.6 Å². The van der Waals surface area contributed by atoms with Gasteiger partial charge in [0.2, 0.25) is 0 Å². The molecule has 6 nitrogen and oxygen atoms in total. The molecule has 0 aromatic carbocycles. The molecule has 3 N–H and O–H groups in total. The van der Waals surface area contributed by atoms with Crippen molar-refractivity contribution in [2.45, 2.75) is 19.4 Å². The number of nitrogen functional groups attached to an aromatic ring is 1. The van der Waals surface area contributed by atoms with E-state index in [1.165, 1.54) is 0 Å². The second-order valence-electron chi connectivity index (χ2n) is 4.53. The quantitative estimate of drug-likeness (QED) is 0.762. The molecule has 2 aromatic rings. The number of aromatic nitrogens is 3. The molecule has 0 radical (unpaired) electrons. The van der Waals surface area contributed by atoms with E-state index in [4.69, 9.17) is 5.73 Å². The Bertz CT molecular complexity index is 529. The second kappa shape index (κ2) is 6.08. The number of unbranched alkanes of at least 4 members (excludes halogenated alkanes) is 1. The van der Waals surface area contributed by atoms with Crippen LogP contribution >= 0.6 is 0 Å². The van der Waals surface area contributed by atoms with Crippen LogP contribution in [0.3, 0.4) is 0 Å². The fourth-order valence-electron chi connectivity index (χ4n) is 1.95. The number of rotatable bonds is 6. The molecule has 2 aromatic heterocycles. The summed E-state index contributed by atoms with van der Waals surface area (Å²) in [4.78, 5) is 15.8. The summed E-state index contributed by atoms with van der Waals surface area (Å²) in [5.74, 6) is -0.0816. The smallest absolute Gasteiger partial charge is 0.267 e. The first-order valence-electron chi connectivity index (χ1n) is 6.32. The minimum Gasteiger partial charge on any atom is -0.397 e. The number of nitrogens with two attached hydrogens (primary N) is 1. The molecular weight excluding hydrogens is 242 g/mol. The van der Waals surface area contributed by atoms with Gasteiger partial charge in [-0.1, -0.05) is 0 Å². The zero-order valence-corrected chi connectivity index (χ0v) is 11.0. The molecule has 0 atom stereocenters. The number of aryl methyl sites for hydroxylation is 2. The number of nitrogens with one attached hydrogen (secondary N) is 1. The third-order valence-corrected chi connectivity index (χ3v) is 2.95. The van der Waals surface area contributed by atoms with E-state index in [0.29, 0.717) is 17.9 Å². The molecule has 102 valence electrons. The standard InChI is InChI=1S/C13H19N5O/c1-17-9-11(14)8-12(17)13(19)16-4-2-3-6-18-7-5-15-10-18/h5,7-10H,2-4,6,14H2,1H3,(H,16,19). The predicted octanol–water partition coefficient (Wildman–Crippen LogP) is 1.01. The molecule has 0 unspecified atom stereocenters. The average molecular weight is 261 g/mol. The first kappa shape index (κ1) is 13.2. The highest BCUT2D eigenvalue weighted by Crippen LogP contribution is 2.08. The molecule has 0 aliphatic heterocycles. The molecule has 6 heteroatoms. The topological polar surface area (TPSA) is 77.9 Å². The molecule has 1 amide bonds. The van der Waals surface area contributed by atoms with Crippen molar-refractivity contribution in [3.05, 3.63) is 36.7 Å². The van der Waals surface area contributed by atoms with Crippen LogP contribution in [0.4, 0.5) is 5.69 Å². The van der Waals surface area contributed by atoms with Crippen molar-refractivity contribution in [1.82, 2.24) is 19.4 Å². The van der Waals surface area contributed by atoms with E-state index in [1.54, 1.807) is 29.4 Å². The molecule has 19 heavy (non-hydrogen) atoms. The summed E-state index contributed by atoms with van der Waals surface area (Å²) >= 11 is 0. The van der Waals surface area contributed by atoms with Crippen molar-refractivity contribution in [3.8, 4) is 0 Å². The van der Waals surface area contributed by atoms with Gasteiger partial charge < -0.3 is 20.2 Å². The van der Waals surface area contributed by atoms with E-state index in [-0.39, 0.29) is 5.91 Å². The molecule has 0 spiro atoms. The summed E-state index contributed by atoms with van der Waals surface area (Å²) in [7, 11) is 1.81. The fraction of sp³-hybridized carbons (Fsp3) is 0.385. The number of imidazole rings is 1. The Morgan fingerprint density at radius 2 is 2.32 bits per heavy atom. The molecule has 0 fully saturated rings. The van der Waals surface area contributed by atoms with Crippen LogP contribution < -0.4 is 11.1 Å². The van der Waals surface area contributed by atoms with E-state index < -0.39 is 0 Å². The Labute approximate surface area is 112 Å². The monoisotopic (exact) mass is 261 g/mol. The Morgan fingerprint density at radius 1 is 1.47 bits per heavy atom. The average Bonchev–Trinajstić information content (AvgIpc) is 2.98. The minimum atomic E-state index is -0.0816. The number of hydrogen-bond donors (Lipinski definition) is 2. The second-order valence-corrected chi connectivity index (χ2v) is 4.53. The molecule has 0 saturated carbocycles. The van der Waals surface area contributed by atoms with Crippen molar-refractivity contribution in [3.63, 3.8) is 0 Å². The number of anilines is 1. The fourth-order valence-corrected chi connectivity index (χ4v) is 1.95. The van der Waals surface area contributed by atoms with Gasteiger partial charge in [0.15, 0.2) is 0 Å². The number of carbonyl (C=O) groups is 1. The van der Waals surface area contributed by atoms with Gasteiger partial charge in [-0.15, -0.1) is 0 Å². The van der Waals surface area contributed by atoms with Gasteiger partial charge in [0, 0.05) is 38.7 Å². The van der Waals surface area contributed by atoms with Crippen LogP contribution in [0.5, 0.6) is 0 Å². The molecule has 0 bridgehead atoms. The number of hydrogen-bond acceptors (Lipinski definition) is 3.